The monoisotopic (exact) mass is 432 g/mol. The van der Waals surface area contributed by atoms with E-state index in [9.17, 15) is 0 Å². The minimum atomic E-state index is 0. The van der Waals surface area contributed by atoms with Crippen LogP contribution in [0.4, 0.5) is 11.6 Å². The van der Waals surface area contributed by atoms with Gasteiger partial charge in [0.25, 0.3) is 0 Å². The molecule has 0 unspecified atom stereocenters. The van der Waals surface area contributed by atoms with Gasteiger partial charge < -0.3 is 10.1 Å². The van der Waals surface area contributed by atoms with Crippen LogP contribution in [0.1, 0.15) is 0 Å². The number of rotatable bonds is 5. The van der Waals surface area contributed by atoms with Crippen molar-refractivity contribution in [2.24, 2.45) is 0 Å². The predicted molar refractivity (Wildman–Crippen MR) is 119 cm³/mol. The number of methoxy groups -OCH3 is 1. The molecule has 3 heterocycles. The van der Waals surface area contributed by atoms with Crippen molar-refractivity contribution in [1.29, 1.82) is 0 Å². The zero-order valence-electron chi connectivity index (χ0n) is 14.9. The Hall–Kier alpha value is -2.67. The highest BCUT2D eigenvalue weighted by molar-refractivity contribution is 7.13. The molecular formula is C20H18Cl2N4OS. The minimum Gasteiger partial charge on any atom is -0.493 e. The molecular weight excluding hydrogens is 415 g/mol. The highest BCUT2D eigenvalue weighted by atomic mass is 35.5. The van der Waals surface area contributed by atoms with E-state index in [1.54, 1.807) is 24.6 Å². The molecule has 0 atom stereocenters. The number of nitrogens with zero attached hydrogens (tertiary/aromatic N) is 3. The molecule has 0 amide bonds. The molecule has 0 bridgehead atoms. The summed E-state index contributed by atoms with van der Waals surface area (Å²) in [5, 5.41) is 6.03. The summed E-state index contributed by atoms with van der Waals surface area (Å²) in [6.07, 6.45) is 3.61. The molecule has 0 saturated heterocycles. The second kappa shape index (κ2) is 10.0. The Balaban J connectivity index is 0.00000140. The Morgan fingerprint density at radius 1 is 0.893 bits per heavy atom. The number of halogens is 2. The summed E-state index contributed by atoms with van der Waals surface area (Å²) in [4.78, 5) is 13.4. The molecule has 0 spiro atoms. The standard InChI is InChI=1S/C20H16N4OS.2ClH/c1-25-17-9-8-16(20-21-11-12-26-20)23-19(17)24-18-10-7-15(13-22-18)14-5-3-2-4-6-14;;/h2-13H,1H3,(H,22,23,24);2*1H. The fourth-order valence-corrected chi connectivity index (χ4v) is 3.17. The fourth-order valence-electron chi connectivity index (χ4n) is 2.56. The van der Waals surface area contributed by atoms with Gasteiger partial charge in [-0.3, -0.25) is 0 Å². The third kappa shape index (κ3) is 4.78. The predicted octanol–water partition coefficient (Wildman–Crippen LogP) is 5.86. The Morgan fingerprint density at radius 3 is 2.36 bits per heavy atom. The zero-order chi connectivity index (χ0) is 17.8. The van der Waals surface area contributed by atoms with Crippen LogP contribution in [-0.2, 0) is 0 Å². The summed E-state index contributed by atoms with van der Waals surface area (Å²) < 4.78 is 5.41. The molecule has 0 saturated carbocycles. The molecule has 4 rings (SSSR count). The van der Waals surface area contributed by atoms with Crippen LogP contribution in [0, 0.1) is 0 Å². The lowest BCUT2D eigenvalue weighted by atomic mass is 10.1. The summed E-state index contributed by atoms with van der Waals surface area (Å²) >= 11 is 1.55. The third-order valence-electron chi connectivity index (χ3n) is 3.85. The van der Waals surface area contributed by atoms with Crippen LogP contribution < -0.4 is 10.1 Å². The highest BCUT2D eigenvalue weighted by Crippen LogP contribution is 2.30. The lowest BCUT2D eigenvalue weighted by molar-refractivity contribution is 0.415. The number of ether oxygens (including phenoxy) is 1. The molecule has 0 aliphatic heterocycles. The van der Waals surface area contributed by atoms with Gasteiger partial charge in [0.15, 0.2) is 11.6 Å². The molecule has 8 heteroatoms. The van der Waals surface area contributed by atoms with Crippen molar-refractivity contribution in [2.45, 2.75) is 0 Å². The smallest absolute Gasteiger partial charge is 0.175 e. The van der Waals surface area contributed by atoms with E-state index >= 15 is 0 Å². The Labute approximate surface area is 179 Å². The number of pyridine rings is 2. The van der Waals surface area contributed by atoms with Crippen molar-refractivity contribution in [1.82, 2.24) is 15.0 Å². The van der Waals surface area contributed by atoms with Gasteiger partial charge in [-0.25, -0.2) is 15.0 Å². The van der Waals surface area contributed by atoms with Crippen LogP contribution in [-0.4, -0.2) is 22.1 Å². The van der Waals surface area contributed by atoms with Crippen molar-refractivity contribution >= 4 is 47.8 Å². The number of hydrogen-bond donors (Lipinski definition) is 1. The fraction of sp³-hybridized carbons (Fsp3) is 0.0500. The largest absolute Gasteiger partial charge is 0.493 e. The quantitative estimate of drug-likeness (QED) is 0.427. The Bertz CT molecular complexity index is 997. The molecule has 3 aromatic heterocycles. The Kier molecular flexibility index (Phi) is 7.75. The van der Waals surface area contributed by atoms with Crippen LogP contribution in [0.5, 0.6) is 5.75 Å². The van der Waals surface area contributed by atoms with Crippen LogP contribution in [0.15, 0.2) is 72.4 Å². The van der Waals surface area contributed by atoms with Crippen molar-refractivity contribution < 1.29 is 4.74 Å². The van der Waals surface area contributed by atoms with E-state index in [1.807, 2.05) is 54.0 Å². The summed E-state index contributed by atoms with van der Waals surface area (Å²) in [6, 6.07) is 17.9. The van der Waals surface area contributed by atoms with E-state index in [-0.39, 0.29) is 24.8 Å². The van der Waals surface area contributed by atoms with Crippen LogP contribution in [0.3, 0.4) is 0 Å². The first-order valence-electron chi connectivity index (χ1n) is 8.07. The van der Waals surface area contributed by atoms with Gasteiger partial charge in [-0.05, 0) is 29.8 Å². The molecule has 0 aliphatic rings. The molecule has 144 valence electrons. The van der Waals surface area contributed by atoms with Crippen LogP contribution >= 0.6 is 36.2 Å². The van der Waals surface area contributed by atoms with E-state index in [1.165, 1.54) is 0 Å². The van der Waals surface area contributed by atoms with E-state index in [2.05, 4.69) is 32.4 Å². The topological polar surface area (TPSA) is 59.9 Å². The average molecular weight is 433 g/mol. The van der Waals surface area contributed by atoms with E-state index < -0.39 is 0 Å². The lowest BCUT2D eigenvalue weighted by Gasteiger charge is -2.11. The molecule has 5 nitrogen and oxygen atoms in total. The maximum absolute atomic E-state index is 5.41. The molecule has 4 aromatic rings. The number of nitrogens with one attached hydrogen (secondary N) is 1. The number of aromatic nitrogens is 3. The van der Waals surface area contributed by atoms with Gasteiger partial charge in [0.05, 0.1) is 7.11 Å². The minimum absolute atomic E-state index is 0. The second-order valence-corrected chi connectivity index (χ2v) is 6.40. The summed E-state index contributed by atoms with van der Waals surface area (Å²) in [5.41, 5.74) is 2.99. The highest BCUT2D eigenvalue weighted by Gasteiger charge is 2.10. The average Bonchev–Trinajstić information content (AvgIpc) is 3.24. The first kappa shape index (κ1) is 21.6. The first-order chi connectivity index (χ1) is 12.8. The van der Waals surface area contributed by atoms with E-state index in [0.29, 0.717) is 17.4 Å². The van der Waals surface area contributed by atoms with Gasteiger partial charge in [0.1, 0.15) is 16.5 Å². The van der Waals surface area contributed by atoms with Crippen molar-refractivity contribution in [3.63, 3.8) is 0 Å². The van der Waals surface area contributed by atoms with Crippen molar-refractivity contribution in [2.75, 3.05) is 12.4 Å². The molecule has 28 heavy (non-hydrogen) atoms. The first-order valence-corrected chi connectivity index (χ1v) is 8.95. The third-order valence-corrected chi connectivity index (χ3v) is 4.64. The van der Waals surface area contributed by atoms with Gasteiger partial charge in [-0.1, -0.05) is 30.3 Å². The molecule has 0 fully saturated rings. The van der Waals surface area contributed by atoms with Gasteiger partial charge in [-0.2, -0.15) is 0 Å². The molecule has 1 N–H and O–H groups in total. The molecule has 0 radical (unpaired) electrons. The number of thiazole rings is 1. The molecule has 0 aliphatic carbocycles. The van der Waals surface area contributed by atoms with Gasteiger partial charge >= 0.3 is 0 Å². The summed E-state index contributed by atoms with van der Waals surface area (Å²) in [7, 11) is 1.62. The van der Waals surface area contributed by atoms with E-state index in [4.69, 9.17) is 4.74 Å². The molecule has 1 aromatic carbocycles. The zero-order valence-corrected chi connectivity index (χ0v) is 17.4. The second-order valence-electron chi connectivity index (χ2n) is 5.51. The number of hydrogen-bond acceptors (Lipinski definition) is 6. The van der Waals surface area contributed by atoms with Gasteiger partial charge in [-0.15, -0.1) is 36.2 Å². The van der Waals surface area contributed by atoms with Gasteiger partial charge in [0, 0.05) is 23.3 Å². The van der Waals surface area contributed by atoms with Crippen LogP contribution in [0.2, 0.25) is 0 Å². The summed E-state index contributed by atoms with van der Waals surface area (Å²) in [6.45, 7) is 0. The van der Waals surface area contributed by atoms with E-state index in [0.717, 1.165) is 21.8 Å². The maximum Gasteiger partial charge on any atom is 0.175 e. The normalized spacial score (nSPS) is 9.75. The maximum atomic E-state index is 5.41. The summed E-state index contributed by atoms with van der Waals surface area (Å²) in [5.74, 6) is 1.96. The van der Waals surface area contributed by atoms with Crippen LogP contribution in [0.25, 0.3) is 21.8 Å². The number of anilines is 2. The Morgan fingerprint density at radius 2 is 1.71 bits per heavy atom. The van der Waals surface area contributed by atoms with Gasteiger partial charge in [0.2, 0.25) is 0 Å². The van der Waals surface area contributed by atoms with Crippen molar-refractivity contribution in [3.8, 4) is 27.6 Å². The number of benzene rings is 1. The van der Waals surface area contributed by atoms with Crippen molar-refractivity contribution in [3.05, 3.63) is 72.4 Å². The lowest BCUT2D eigenvalue weighted by Crippen LogP contribution is -2.00. The SMILES string of the molecule is COc1ccc(-c2nccs2)nc1Nc1ccc(-c2ccccc2)cn1.Cl.Cl.